The number of halogens is 1. The fraction of sp³-hybridized carbons (Fsp3) is 0.577. The number of methoxy groups -OCH3 is 1. The fourth-order valence-corrected chi connectivity index (χ4v) is 6.30. The first-order valence-electron chi connectivity index (χ1n) is 12.5. The van der Waals surface area contributed by atoms with Crippen molar-refractivity contribution in [3.63, 3.8) is 0 Å². The zero-order chi connectivity index (χ0) is 24.6. The molecule has 1 aliphatic carbocycles. The number of carbonyl (C=O) groups excluding carboxylic acids is 3. The molecule has 35 heavy (non-hydrogen) atoms. The topological polar surface area (TPSA) is 97.0 Å². The number of rotatable bonds is 8. The number of carbonyl (C=O) groups is 3. The second kappa shape index (κ2) is 9.91. The number of benzene rings is 1. The molecule has 0 aromatic heterocycles. The Morgan fingerprint density at radius 2 is 1.91 bits per heavy atom. The van der Waals surface area contributed by atoms with E-state index in [1.54, 1.807) is 36.3 Å². The highest BCUT2D eigenvalue weighted by Gasteiger charge is 2.72. The molecule has 3 aliphatic heterocycles. The Morgan fingerprint density at radius 1 is 1.17 bits per heavy atom. The minimum Gasteiger partial charge on any atom is -0.385 e. The molecule has 5 rings (SSSR count). The summed E-state index contributed by atoms with van der Waals surface area (Å²) in [4.78, 5) is 42.4. The van der Waals surface area contributed by atoms with Gasteiger partial charge in [-0.15, -0.1) is 0 Å². The predicted molar refractivity (Wildman–Crippen MR) is 131 cm³/mol. The van der Waals surface area contributed by atoms with Crippen LogP contribution in [0.3, 0.4) is 0 Å². The van der Waals surface area contributed by atoms with Gasteiger partial charge in [-0.2, -0.15) is 0 Å². The molecule has 3 fully saturated rings. The average molecular weight is 502 g/mol. The molecule has 3 unspecified atom stereocenters. The van der Waals surface area contributed by atoms with Crippen LogP contribution in [0.2, 0.25) is 5.02 Å². The predicted octanol–water partition coefficient (Wildman–Crippen LogP) is 2.91. The van der Waals surface area contributed by atoms with Gasteiger partial charge in [0.05, 0.1) is 17.9 Å². The Labute approximate surface area is 210 Å². The number of amides is 3. The maximum atomic E-state index is 13.8. The summed E-state index contributed by atoms with van der Waals surface area (Å²) in [5.41, 5.74) is -0.551. The van der Waals surface area contributed by atoms with E-state index in [2.05, 4.69) is 10.6 Å². The van der Waals surface area contributed by atoms with E-state index in [1.165, 1.54) is 6.42 Å². The second-order valence-corrected chi connectivity index (χ2v) is 10.4. The number of hydrogen-bond acceptors (Lipinski definition) is 5. The largest absolute Gasteiger partial charge is 0.385 e. The smallest absolute Gasteiger partial charge is 0.246 e. The van der Waals surface area contributed by atoms with Crippen LogP contribution in [-0.4, -0.2) is 66.7 Å². The van der Waals surface area contributed by atoms with Gasteiger partial charge in [-0.25, -0.2) is 0 Å². The van der Waals surface area contributed by atoms with Gasteiger partial charge in [0.1, 0.15) is 11.6 Å². The van der Waals surface area contributed by atoms with Gasteiger partial charge >= 0.3 is 0 Å². The van der Waals surface area contributed by atoms with Crippen molar-refractivity contribution in [3.05, 3.63) is 41.4 Å². The standard InChI is InChI=1S/C26H32ClN3O5/c1-34-15-5-14-30-22(24(32)29-17-6-3-2-4-7-17)26-13-12-19(35-26)20(21(26)25(30)33)23(31)28-18-10-8-16(27)9-11-18/h8-13,17,19-22H,2-7,14-15H2,1H3,(H,28,31)(H,29,32)/t19-,20?,21-,22?,26?/m1/s1. The number of likely N-dealkylation sites (tertiary alicyclic amines) is 1. The molecule has 9 heteroatoms. The first kappa shape index (κ1) is 24.3. The van der Waals surface area contributed by atoms with E-state index in [1.807, 2.05) is 12.2 Å². The van der Waals surface area contributed by atoms with E-state index in [4.69, 9.17) is 21.1 Å². The van der Waals surface area contributed by atoms with Crippen LogP contribution in [0.15, 0.2) is 36.4 Å². The maximum absolute atomic E-state index is 13.8. The summed E-state index contributed by atoms with van der Waals surface area (Å²) in [5, 5.41) is 6.66. The van der Waals surface area contributed by atoms with E-state index in [-0.39, 0.29) is 23.8 Å². The van der Waals surface area contributed by atoms with Gasteiger partial charge < -0.3 is 25.0 Å². The molecule has 1 saturated carbocycles. The average Bonchev–Trinajstić information content (AvgIpc) is 3.49. The summed E-state index contributed by atoms with van der Waals surface area (Å²) in [6.45, 7) is 0.833. The number of nitrogens with one attached hydrogen (secondary N) is 2. The van der Waals surface area contributed by atoms with Gasteiger partial charge in [0, 0.05) is 37.0 Å². The molecule has 4 aliphatic rings. The van der Waals surface area contributed by atoms with Gasteiger partial charge in [0.15, 0.2) is 0 Å². The SMILES string of the molecule is COCCCN1C(=O)[C@H]2C(C(=O)Nc3ccc(Cl)cc3)[C@H]3C=CC2(O3)C1C(=O)NC1CCCCC1. The van der Waals surface area contributed by atoms with Crippen LogP contribution < -0.4 is 10.6 Å². The molecule has 8 nitrogen and oxygen atoms in total. The molecule has 3 heterocycles. The van der Waals surface area contributed by atoms with Crippen molar-refractivity contribution in [3.8, 4) is 0 Å². The quantitative estimate of drug-likeness (QED) is 0.421. The molecular formula is C26H32ClN3O5. The first-order valence-corrected chi connectivity index (χ1v) is 12.9. The minimum atomic E-state index is -1.14. The zero-order valence-electron chi connectivity index (χ0n) is 19.9. The summed E-state index contributed by atoms with van der Waals surface area (Å²) >= 11 is 5.96. The van der Waals surface area contributed by atoms with E-state index in [9.17, 15) is 14.4 Å². The minimum absolute atomic E-state index is 0.106. The molecule has 188 valence electrons. The number of anilines is 1. The van der Waals surface area contributed by atoms with Gasteiger partial charge in [-0.05, 0) is 43.5 Å². The number of fused-ring (bicyclic) bond motifs is 1. The molecule has 1 spiro atoms. The second-order valence-electron chi connectivity index (χ2n) is 9.92. The first-order chi connectivity index (χ1) is 16.9. The number of hydrogen-bond donors (Lipinski definition) is 2. The molecule has 2 saturated heterocycles. The third-order valence-electron chi connectivity index (χ3n) is 7.74. The van der Waals surface area contributed by atoms with Gasteiger partial charge in [0.25, 0.3) is 0 Å². The van der Waals surface area contributed by atoms with Crippen LogP contribution in [0, 0.1) is 11.8 Å². The molecule has 5 atom stereocenters. The van der Waals surface area contributed by atoms with Crippen molar-refractivity contribution in [2.75, 3.05) is 25.6 Å². The highest BCUT2D eigenvalue weighted by atomic mass is 35.5. The van der Waals surface area contributed by atoms with Crippen LogP contribution >= 0.6 is 11.6 Å². The molecule has 2 bridgehead atoms. The lowest BCUT2D eigenvalue weighted by Gasteiger charge is -2.34. The fourth-order valence-electron chi connectivity index (χ4n) is 6.17. The van der Waals surface area contributed by atoms with Gasteiger partial charge in [-0.1, -0.05) is 43.0 Å². The third-order valence-corrected chi connectivity index (χ3v) is 7.99. The Bertz CT molecular complexity index is 1010. The van der Waals surface area contributed by atoms with E-state index >= 15 is 0 Å². The molecule has 0 radical (unpaired) electrons. The Kier molecular flexibility index (Phi) is 6.88. The van der Waals surface area contributed by atoms with Crippen LogP contribution in [0.5, 0.6) is 0 Å². The summed E-state index contributed by atoms with van der Waals surface area (Å²) in [7, 11) is 1.61. The summed E-state index contributed by atoms with van der Waals surface area (Å²) in [6.07, 6.45) is 8.95. The third kappa shape index (κ3) is 4.36. The molecule has 1 aromatic carbocycles. The molecule has 3 amide bonds. The monoisotopic (exact) mass is 501 g/mol. The lowest BCUT2D eigenvalue weighted by Crippen LogP contribution is -2.56. The maximum Gasteiger partial charge on any atom is 0.246 e. The normalized spacial score (nSPS) is 31.6. The molecule has 2 N–H and O–H groups in total. The summed E-state index contributed by atoms with van der Waals surface area (Å²) < 4.78 is 11.5. The number of nitrogens with zero attached hydrogens (tertiary/aromatic N) is 1. The van der Waals surface area contributed by atoms with Crippen LogP contribution in [-0.2, 0) is 23.9 Å². The van der Waals surface area contributed by atoms with E-state index in [0.29, 0.717) is 30.3 Å². The lowest BCUT2D eigenvalue weighted by atomic mass is 9.74. The summed E-state index contributed by atoms with van der Waals surface area (Å²) in [6, 6.07) is 6.11. The highest BCUT2D eigenvalue weighted by Crippen LogP contribution is 2.55. The highest BCUT2D eigenvalue weighted by molar-refractivity contribution is 6.30. The zero-order valence-corrected chi connectivity index (χ0v) is 20.6. The number of ether oxygens (including phenoxy) is 2. The Hall–Kier alpha value is -2.42. The van der Waals surface area contributed by atoms with E-state index in [0.717, 1.165) is 25.7 Å². The van der Waals surface area contributed by atoms with Crippen LogP contribution in [0.4, 0.5) is 5.69 Å². The molecule has 1 aromatic rings. The van der Waals surface area contributed by atoms with Crippen molar-refractivity contribution in [2.45, 2.75) is 62.3 Å². The molecular weight excluding hydrogens is 470 g/mol. The van der Waals surface area contributed by atoms with Crippen LogP contribution in [0.1, 0.15) is 38.5 Å². The van der Waals surface area contributed by atoms with Crippen molar-refractivity contribution < 1.29 is 23.9 Å². The van der Waals surface area contributed by atoms with Crippen molar-refractivity contribution in [1.82, 2.24) is 10.2 Å². The van der Waals surface area contributed by atoms with Crippen LogP contribution in [0.25, 0.3) is 0 Å². The Balaban J connectivity index is 1.41. The lowest BCUT2D eigenvalue weighted by molar-refractivity contribution is -0.141. The van der Waals surface area contributed by atoms with Crippen molar-refractivity contribution in [2.24, 2.45) is 11.8 Å². The van der Waals surface area contributed by atoms with Crippen molar-refractivity contribution >= 4 is 35.0 Å². The van der Waals surface area contributed by atoms with Gasteiger partial charge in [-0.3, -0.25) is 14.4 Å². The summed E-state index contributed by atoms with van der Waals surface area (Å²) in [5.74, 6) is -2.19. The Morgan fingerprint density at radius 3 is 2.63 bits per heavy atom. The van der Waals surface area contributed by atoms with Crippen molar-refractivity contribution in [1.29, 1.82) is 0 Å². The van der Waals surface area contributed by atoms with Gasteiger partial charge in [0.2, 0.25) is 17.7 Å². The van der Waals surface area contributed by atoms with E-state index < -0.39 is 29.6 Å².